The van der Waals surface area contributed by atoms with Crippen LogP contribution in [0, 0.1) is 13.8 Å². The lowest BCUT2D eigenvalue weighted by molar-refractivity contribution is 0.405. The summed E-state index contributed by atoms with van der Waals surface area (Å²) in [7, 11) is 1.69. The molecule has 1 atom stereocenters. The molecule has 2 aromatic rings. The SMILES string of the molecule is COc1cccc(SCc2cc(C)cc(C)c2)c1[C@H](C)N. The molecular formula is C18H23NOS. The van der Waals surface area contributed by atoms with Crippen LogP contribution in [-0.2, 0) is 5.75 Å². The molecule has 0 aliphatic carbocycles. The molecule has 0 saturated heterocycles. The predicted octanol–water partition coefficient (Wildman–Crippen LogP) is 4.62. The molecule has 0 aromatic heterocycles. The summed E-state index contributed by atoms with van der Waals surface area (Å²) in [5.74, 6) is 1.81. The molecule has 2 rings (SSSR count). The van der Waals surface area contributed by atoms with E-state index < -0.39 is 0 Å². The fourth-order valence-corrected chi connectivity index (χ4v) is 3.70. The monoisotopic (exact) mass is 301 g/mol. The Balaban J connectivity index is 2.23. The van der Waals surface area contributed by atoms with E-state index in [1.54, 1.807) is 7.11 Å². The van der Waals surface area contributed by atoms with E-state index in [0.717, 1.165) is 17.1 Å². The molecule has 2 nitrogen and oxygen atoms in total. The van der Waals surface area contributed by atoms with Crippen LogP contribution in [0.5, 0.6) is 5.75 Å². The smallest absolute Gasteiger partial charge is 0.124 e. The number of methoxy groups -OCH3 is 1. The summed E-state index contributed by atoms with van der Waals surface area (Å²) in [5.41, 5.74) is 11.2. The van der Waals surface area contributed by atoms with Gasteiger partial charge in [0.15, 0.2) is 0 Å². The van der Waals surface area contributed by atoms with Gasteiger partial charge in [0.1, 0.15) is 5.75 Å². The van der Waals surface area contributed by atoms with E-state index in [0.29, 0.717) is 0 Å². The molecule has 0 aliphatic heterocycles. The van der Waals surface area contributed by atoms with Crippen LogP contribution in [-0.4, -0.2) is 7.11 Å². The Morgan fingerprint density at radius 1 is 1.14 bits per heavy atom. The Labute approximate surface area is 131 Å². The lowest BCUT2D eigenvalue weighted by atomic mass is 10.1. The molecule has 112 valence electrons. The summed E-state index contributed by atoms with van der Waals surface area (Å²) in [4.78, 5) is 1.20. The topological polar surface area (TPSA) is 35.2 Å². The molecule has 2 N–H and O–H groups in total. The van der Waals surface area contributed by atoms with Crippen molar-refractivity contribution in [3.05, 3.63) is 58.7 Å². The third kappa shape index (κ3) is 4.02. The maximum atomic E-state index is 6.11. The van der Waals surface area contributed by atoms with Crippen LogP contribution in [0.1, 0.15) is 35.2 Å². The van der Waals surface area contributed by atoms with Gasteiger partial charge >= 0.3 is 0 Å². The Morgan fingerprint density at radius 2 is 1.81 bits per heavy atom. The first-order valence-corrected chi connectivity index (χ1v) is 8.12. The van der Waals surface area contributed by atoms with Crippen molar-refractivity contribution < 1.29 is 4.74 Å². The maximum Gasteiger partial charge on any atom is 0.124 e. The standard InChI is InChI=1S/C18H23NOS/c1-12-8-13(2)10-15(9-12)11-21-17-7-5-6-16(20-4)18(17)14(3)19/h5-10,14H,11,19H2,1-4H3/t14-/m0/s1. The normalized spacial score (nSPS) is 12.2. The summed E-state index contributed by atoms with van der Waals surface area (Å²) in [5, 5.41) is 0. The second kappa shape index (κ2) is 7.01. The van der Waals surface area contributed by atoms with Gasteiger partial charge in [0.25, 0.3) is 0 Å². The van der Waals surface area contributed by atoms with Crippen LogP contribution in [0.25, 0.3) is 0 Å². The van der Waals surface area contributed by atoms with Gasteiger partial charge in [-0.15, -0.1) is 11.8 Å². The van der Waals surface area contributed by atoms with Crippen molar-refractivity contribution in [3.63, 3.8) is 0 Å². The first-order valence-electron chi connectivity index (χ1n) is 7.13. The van der Waals surface area contributed by atoms with Crippen LogP contribution in [0.15, 0.2) is 41.3 Å². The van der Waals surface area contributed by atoms with Crippen LogP contribution in [0.4, 0.5) is 0 Å². The van der Waals surface area contributed by atoms with Crippen molar-refractivity contribution in [2.45, 2.75) is 37.5 Å². The molecule has 3 heteroatoms. The molecular weight excluding hydrogens is 278 g/mol. The van der Waals surface area contributed by atoms with Gasteiger partial charge in [-0.2, -0.15) is 0 Å². The number of benzene rings is 2. The molecule has 0 radical (unpaired) electrons. The van der Waals surface area contributed by atoms with E-state index in [1.165, 1.54) is 21.6 Å². The highest BCUT2D eigenvalue weighted by atomic mass is 32.2. The molecule has 0 saturated carbocycles. The van der Waals surface area contributed by atoms with Crippen molar-refractivity contribution in [1.29, 1.82) is 0 Å². The molecule has 0 fully saturated rings. The quantitative estimate of drug-likeness (QED) is 0.818. The minimum atomic E-state index is -0.0390. The number of hydrogen-bond acceptors (Lipinski definition) is 3. The molecule has 0 unspecified atom stereocenters. The number of rotatable bonds is 5. The van der Waals surface area contributed by atoms with Crippen molar-refractivity contribution in [2.75, 3.05) is 7.11 Å². The summed E-state index contributed by atoms with van der Waals surface area (Å²) in [6.45, 7) is 6.28. The number of hydrogen-bond donors (Lipinski definition) is 1. The van der Waals surface area contributed by atoms with Gasteiger partial charge in [-0.05, 0) is 38.5 Å². The minimum absolute atomic E-state index is 0.0390. The molecule has 0 spiro atoms. The maximum absolute atomic E-state index is 6.11. The highest BCUT2D eigenvalue weighted by Gasteiger charge is 2.13. The first-order chi connectivity index (χ1) is 10.0. The van der Waals surface area contributed by atoms with Crippen molar-refractivity contribution in [3.8, 4) is 5.75 Å². The lowest BCUT2D eigenvalue weighted by Gasteiger charge is -2.16. The number of ether oxygens (including phenoxy) is 1. The highest BCUT2D eigenvalue weighted by molar-refractivity contribution is 7.98. The van der Waals surface area contributed by atoms with Crippen molar-refractivity contribution in [1.82, 2.24) is 0 Å². The minimum Gasteiger partial charge on any atom is -0.496 e. The number of thioether (sulfide) groups is 1. The van der Waals surface area contributed by atoms with Crippen LogP contribution in [0.2, 0.25) is 0 Å². The van der Waals surface area contributed by atoms with E-state index >= 15 is 0 Å². The molecule has 0 aliphatic rings. The second-order valence-electron chi connectivity index (χ2n) is 5.45. The van der Waals surface area contributed by atoms with Crippen LogP contribution < -0.4 is 10.5 Å². The van der Waals surface area contributed by atoms with Gasteiger partial charge in [-0.3, -0.25) is 0 Å². The Bertz CT molecular complexity index is 602. The fraction of sp³-hybridized carbons (Fsp3) is 0.333. The zero-order valence-electron chi connectivity index (χ0n) is 13.1. The predicted molar refractivity (Wildman–Crippen MR) is 91.1 cm³/mol. The summed E-state index contributed by atoms with van der Waals surface area (Å²) >= 11 is 1.82. The van der Waals surface area contributed by atoms with Gasteiger partial charge in [0.05, 0.1) is 7.11 Å². The Morgan fingerprint density at radius 3 is 2.38 bits per heavy atom. The third-order valence-corrected chi connectivity index (χ3v) is 4.52. The van der Waals surface area contributed by atoms with Gasteiger partial charge in [0.2, 0.25) is 0 Å². The van der Waals surface area contributed by atoms with Crippen LogP contribution in [0.3, 0.4) is 0 Å². The molecule has 0 amide bonds. The van der Waals surface area contributed by atoms with E-state index in [2.05, 4.69) is 38.1 Å². The summed E-state index contributed by atoms with van der Waals surface area (Å²) < 4.78 is 5.44. The van der Waals surface area contributed by atoms with E-state index in [-0.39, 0.29) is 6.04 Å². The van der Waals surface area contributed by atoms with Gasteiger partial charge in [0, 0.05) is 22.3 Å². The highest BCUT2D eigenvalue weighted by Crippen LogP contribution is 2.35. The second-order valence-corrected chi connectivity index (χ2v) is 6.46. The third-order valence-electron chi connectivity index (χ3n) is 3.38. The summed E-state index contributed by atoms with van der Waals surface area (Å²) in [6.07, 6.45) is 0. The van der Waals surface area contributed by atoms with E-state index in [4.69, 9.17) is 10.5 Å². The molecule has 21 heavy (non-hydrogen) atoms. The van der Waals surface area contributed by atoms with Gasteiger partial charge < -0.3 is 10.5 Å². The summed E-state index contributed by atoms with van der Waals surface area (Å²) in [6, 6.07) is 12.8. The fourth-order valence-electron chi connectivity index (χ4n) is 2.59. The zero-order valence-corrected chi connectivity index (χ0v) is 14.0. The van der Waals surface area contributed by atoms with E-state index in [9.17, 15) is 0 Å². The molecule has 2 aromatic carbocycles. The Hall–Kier alpha value is -1.45. The van der Waals surface area contributed by atoms with Crippen molar-refractivity contribution >= 4 is 11.8 Å². The average Bonchev–Trinajstić information content (AvgIpc) is 2.43. The molecule has 0 bridgehead atoms. The average molecular weight is 301 g/mol. The van der Waals surface area contributed by atoms with Crippen molar-refractivity contribution in [2.24, 2.45) is 5.73 Å². The van der Waals surface area contributed by atoms with E-state index in [1.807, 2.05) is 30.8 Å². The van der Waals surface area contributed by atoms with Gasteiger partial charge in [-0.25, -0.2) is 0 Å². The Kier molecular flexibility index (Phi) is 5.32. The first kappa shape index (κ1) is 15.9. The largest absolute Gasteiger partial charge is 0.496 e. The molecule has 0 heterocycles. The number of nitrogens with two attached hydrogens (primary N) is 1. The number of aryl methyl sites for hydroxylation is 2. The van der Waals surface area contributed by atoms with Gasteiger partial charge in [-0.1, -0.05) is 35.4 Å². The lowest BCUT2D eigenvalue weighted by Crippen LogP contribution is -2.08. The zero-order chi connectivity index (χ0) is 15.4. The van der Waals surface area contributed by atoms with Crippen LogP contribution >= 0.6 is 11.8 Å².